The second-order valence-electron chi connectivity index (χ2n) is 2.06. The lowest BCUT2D eigenvalue weighted by Crippen LogP contribution is -2.01. The SMILES string of the molecule is O.O=COc1ccc([N+](=O)[O-])cc1.O=C[O-]. The fourth-order valence-electron chi connectivity index (χ4n) is 0.702. The number of carboxylic acid groups (broad SMARTS) is 1. The Morgan fingerprint density at radius 2 is 1.62 bits per heavy atom. The minimum absolute atomic E-state index is 0. The summed E-state index contributed by atoms with van der Waals surface area (Å²) in [4.78, 5) is 27.7. The van der Waals surface area contributed by atoms with E-state index in [0.29, 0.717) is 0 Å². The molecule has 1 aromatic carbocycles. The molecule has 0 spiro atoms. The Labute approximate surface area is 89.5 Å². The Kier molecular flexibility index (Phi) is 9.07. The summed E-state index contributed by atoms with van der Waals surface area (Å²) in [6.07, 6.45) is 0. The number of benzene rings is 1. The van der Waals surface area contributed by atoms with E-state index in [1.165, 1.54) is 24.3 Å². The molecule has 0 unspecified atom stereocenters. The molecule has 0 aliphatic rings. The molecule has 0 saturated heterocycles. The molecule has 0 aliphatic carbocycles. The second kappa shape index (κ2) is 9.09. The van der Waals surface area contributed by atoms with E-state index >= 15 is 0 Å². The first-order valence-electron chi connectivity index (χ1n) is 3.56. The molecule has 8 heteroatoms. The minimum atomic E-state index is -0.523. The molecule has 16 heavy (non-hydrogen) atoms. The normalized spacial score (nSPS) is 7.50. The summed E-state index contributed by atoms with van der Waals surface area (Å²) in [7, 11) is 0. The third-order valence-corrected chi connectivity index (χ3v) is 1.23. The highest BCUT2D eigenvalue weighted by Crippen LogP contribution is 2.16. The first-order valence-corrected chi connectivity index (χ1v) is 3.56. The Morgan fingerprint density at radius 3 is 1.94 bits per heavy atom. The number of carbonyl (C=O) groups is 2. The maximum atomic E-state index is 10.2. The predicted octanol–water partition coefficient (Wildman–Crippen LogP) is -1.33. The number of carbonyl (C=O) groups excluding carboxylic acids is 2. The molecular formula is C8H8NO7-. The van der Waals surface area contributed by atoms with Crippen LogP contribution in [0.4, 0.5) is 5.69 Å². The minimum Gasteiger partial charge on any atom is -0.554 e. The Hall–Kier alpha value is -2.48. The van der Waals surface area contributed by atoms with E-state index in [-0.39, 0.29) is 23.4 Å². The molecule has 0 radical (unpaired) electrons. The van der Waals surface area contributed by atoms with Gasteiger partial charge in [0.2, 0.25) is 0 Å². The van der Waals surface area contributed by atoms with Gasteiger partial charge in [-0.1, -0.05) is 0 Å². The third kappa shape index (κ3) is 6.05. The highest BCUT2D eigenvalue weighted by Gasteiger charge is 2.03. The van der Waals surface area contributed by atoms with Crippen molar-refractivity contribution in [1.29, 1.82) is 0 Å². The van der Waals surface area contributed by atoms with Gasteiger partial charge in [0.05, 0.1) is 4.92 Å². The lowest BCUT2D eigenvalue weighted by molar-refractivity contribution is -0.384. The number of nitro groups is 1. The first kappa shape index (κ1) is 16.0. The van der Waals surface area contributed by atoms with Crippen LogP contribution in [0.25, 0.3) is 0 Å². The second-order valence-corrected chi connectivity index (χ2v) is 2.06. The first-order chi connectivity index (χ1) is 7.15. The Morgan fingerprint density at radius 1 is 1.19 bits per heavy atom. The molecule has 0 aliphatic heterocycles. The van der Waals surface area contributed by atoms with Crippen LogP contribution in [0.5, 0.6) is 5.75 Å². The van der Waals surface area contributed by atoms with Crippen LogP contribution < -0.4 is 9.84 Å². The van der Waals surface area contributed by atoms with Gasteiger partial charge in [0, 0.05) is 18.6 Å². The van der Waals surface area contributed by atoms with E-state index < -0.39 is 11.4 Å². The largest absolute Gasteiger partial charge is 0.554 e. The Bertz CT molecular complexity index is 335. The van der Waals surface area contributed by atoms with Gasteiger partial charge in [-0.15, -0.1) is 0 Å². The van der Waals surface area contributed by atoms with Crippen LogP contribution in [0.3, 0.4) is 0 Å². The quantitative estimate of drug-likeness (QED) is 0.357. The van der Waals surface area contributed by atoms with Crippen molar-refractivity contribution in [3.63, 3.8) is 0 Å². The standard InChI is InChI=1S/C7H5NO4.CH2O2.H2O/c9-5-12-7-3-1-6(2-4-7)8(10)11;2-1-3;/h1-5H;1H,(H,2,3);1H2/p-1. The van der Waals surface area contributed by atoms with Crippen LogP contribution >= 0.6 is 0 Å². The van der Waals surface area contributed by atoms with Gasteiger partial charge in [-0.2, -0.15) is 0 Å². The molecule has 0 bridgehead atoms. The molecule has 0 heterocycles. The van der Waals surface area contributed by atoms with Crippen molar-refractivity contribution in [2.24, 2.45) is 0 Å². The summed E-state index contributed by atoms with van der Waals surface area (Å²) >= 11 is 0. The number of ether oxygens (including phenoxy) is 1. The zero-order valence-electron chi connectivity index (χ0n) is 7.86. The lowest BCUT2D eigenvalue weighted by atomic mass is 10.3. The number of nitrogens with zero attached hydrogens (tertiary/aromatic N) is 1. The molecule has 0 saturated carbocycles. The molecular weight excluding hydrogens is 222 g/mol. The maximum absolute atomic E-state index is 10.2. The van der Waals surface area contributed by atoms with Crippen molar-refractivity contribution >= 4 is 18.6 Å². The molecule has 88 valence electrons. The van der Waals surface area contributed by atoms with Crippen LogP contribution in [0.1, 0.15) is 0 Å². The predicted molar refractivity (Wildman–Crippen MR) is 49.5 cm³/mol. The number of rotatable bonds is 3. The smallest absolute Gasteiger partial charge is 0.298 e. The topological polar surface area (TPSA) is 141 Å². The van der Waals surface area contributed by atoms with Crippen molar-refractivity contribution in [1.82, 2.24) is 0 Å². The summed E-state index contributed by atoms with van der Waals surface area (Å²) in [5, 5.41) is 18.4. The molecule has 2 N–H and O–H groups in total. The van der Waals surface area contributed by atoms with Gasteiger partial charge in [-0.05, 0) is 12.1 Å². The van der Waals surface area contributed by atoms with E-state index in [4.69, 9.17) is 9.90 Å². The summed E-state index contributed by atoms with van der Waals surface area (Å²) in [6, 6.07) is 5.23. The fraction of sp³-hybridized carbons (Fsp3) is 0. The van der Waals surface area contributed by atoms with Gasteiger partial charge in [0.25, 0.3) is 12.2 Å². The summed E-state index contributed by atoms with van der Waals surface area (Å²) in [5.74, 6) is 0.288. The maximum Gasteiger partial charge on any atom is 0.298 e. The van der Waals surface area contributed by atoms with Crippen LogP contribution in [0.15, 0.2) is 24.3 Å². The van der Waals surface area contributed by atoms with Crippen molar-refractivity contribution in [2.75, 3.05) is 0 Å². The highest BCUT2D eigenvalue weighted by molar-refractivity contribution is 5.46. The Balaban J connectivity index is 0. The fourth-order valence-corrected chi connectivity index (χ4v) is 0.702. The number of hydrogen-bond donors (Lipinski definition) is 0. The number of hydrogen-bond acceptors (Lipinski definition) is 6. The van der Waals surface area contributed by atoms with E-state index in [1.54, 1.807) is 0 Å². The van der Waals surface area contributed by atoms with Crippen molar-refractivity contribution in [2.45, 2.75) is 0 Å². The van der Waals surface area contributed by atoms with E-state index in [9.17, 15) is 14.9 Å². The molecule has 0 aromatic heterocycles. The van der Waals surface area contributed by atoms with Crippen molar-refractivity contribution in [3.8, 4) is 5.75 Å². The highest BCUT2D eigenvalue weighted by atomic mass is 16.6. The van der Waals surface area contributed by atoms with Crippen LogP contribution in [-0.4, -0.2) is 23.3 Å². The van der Waals surface area contributed by atoms with Crippen LogP contribution in [0, 0.1) is 10.1 Å². The summed E-state index contributed by atoms with van der Waals surface area (Å²) in [5.41, 5.74) is -0.0340. The van der Waals surface area contributed by atoms with Gasteiger partial charge in [-0.25, -0.2) is 0 Å². The summed E-state index contributed by atoms with van der Waals surface area (Å²) in [6.45, 7) is -0.235. The molecule has 1 rings (SSSR count). The van der Waals surface area contributed by atoms with Gasteiger partial charge >= 0.3 is 0 Å². The van der Waals surface area contributed by atoms with Crippen molar-refractivity contribution < 1.29 is 29.8 Å². The zero-order valence-corrected chi connectivity index (χ0v) is 7.86. The average molecular weight is 230 g/mol. The van der Waals surface area contributed by atoms with E-state index in [1.807, 2.05) is 0 Å². The molecule has 0 fully saturated rings. The van der Waals surface area contributed by atoms with E-state index in [0.717, 1.165) is 0 Å². The molecule has 1 aromatic rings. The van der Waals surface area contributed by atoms with Crippen molar-refractivity contribution in [3.05, 3.63) is 34.4 Å². The van der Waals surface area contributed by atoms with Gasteiger partial charge in [0.1, 0.15) is 5.75 Å². The van der Waals surface area contributed by atoms with Gasteiger partial charge in [-0.3, -0.25) is 14.9 Å². The monoisotopic (exact) mass is 230 g/mol. The number of nitro benzene ring substituents is 1. The lowest BCUT2D eigenvalue weighted by Gasteiger charge is -1.94. The molecule has 0 atom stereocenters. The van der Waals surface area contributed by atoms with Crippen LogP contribution in [0.2, 0.25) is 0 Å². The van der Waals surface area contributed by atoms with Gasteiger partial charge < -0.3 is 20.1 Å². The van der Waals surface area contributed by atoms with E-state index in [2.05, 4.69) is 4.74 Å². The van der Waals surface area contributed by atoms with Crippen LogP contribution in [-0.2, 0) is 9.59 Å². The summed E-state index contributed by atoms with van der Waals surface area (Å²) < 4.78 is 4.44. The average Bonchev–Trinajstić information content (AvgIpc) is 2.20. The molecule has 8 nitrogen and oxygen atoms in total. The molecule has 0 amide bonds. The zero-order chi connectivity index (χ0) is 11.7. The van der Waals surface area contributed by atoms with Gasteiger partial charge in [0.15, 0.2) is 0 Å². The third-order valence-electron chi connectivity index (χ3n) is 1.23. The number of non-ortho nitro benzene ring substituents is 1.